The molecular weight excluding hydrogens is 272 g/mol. The van der Waals surface area contributed by atoms with Crippen LogP contribution >= 0.6 is 0 Å². The Morgan fingerprint density at radius 3 is 2.35 bits per heavy atom. The van der Waals surface area contributed by atoms with Gasteiger partial charge in [-0.25, -0.2) is 9.59 Å². The molecule has 4 nitrogen and oxygen atoms in total. The molecule has 1 aromatic carbocycles. The molecule has 0 bridgehead atoms. The van der Waals surface area contributed by atoms with Crippen LogP contribution in [0.4, 0.5) is 0 Å². The molecule has 95 valence electrons. The molecule has 0 aliphatic heterocycles. The van der Waals surface area contributed by atoms with Crippen molar-refractivity contribution >= 4 is 11.9 Å². The van der Waals surface area contributed by atoms with Crippen molar-refractivity contribution in [1.29, 1.82) is 0 Å². The first-order valence-corrected chi connectivity index (χ1v) is 5.16. The minimum Gasteiger partial charge on any atom is -0.478 e. The monoisotopic (exact) mass is 285 g/mol. The smallest absolute Gasteiger partial charge is 0.478 e. The van der Waals surface area contributed by atoms with Crippen LogP contribution in [0.15, 0.2) is 24.3 Å². The van der Waals surface area contributed by atoms with Gasteiger partial charge in [-0.05, 0) is 18.6 Å². The van der Waals surface area contributed by atoms with Crippen LogP contribution in [-0.4, -0.2) is 23.7 Å². The van der Waals surface area contributed by atoms with E-state index in [1.807, 2.05) is 6.92 Å². The Morgan fingerprint density at radius 1 is 1.24 bits per heavy atom. The molecule has 0 aliphatic carbocycles. The molecule has 1 rings (SSSR count). The summed E-state index contributed by atoms with van der Waals surface area (Å²) >= 11 is 0. The number of hydrogen-bond acceptors (Lipinski definition) is 3. The standard InChI is InChI=1S/C12H14O4.Cu/c1-2-3-8-16-12(15)10-7-5-4-6-9(10)11(13)14;/h4-7H,2-3,8H2,1H3,(H,13,14);/q;+2. The van der Waals surface area contributed by atoms with Gasteiger partial charge in [-0.3, -0.25) is 0 Å². The average Bonchev–Trinajstić information content (AvgIpc) is 2.29. The Kier molecular flexibility index (Phi) is 7.26. The minimum absolute atomic E-state index is 0. The number of carbonyl (C=O) groups is 2. The van der Waals surface area contributed by atoms with E-state index in [0.29, 0.717) is 6.61 Å². The largest absolute Gasteiger partial charge is 2.00 e. The number of hydrogen-bond donors (Lipinski definition) is 1. The van der Waals surface area contributed by atoms with Crippen LogP contribution < -0.4 is 0 Å². The number of rotatable bonds is 5. The predicted octanol–water partition coefficient (Wildman–Crippen LogP) is 2.34. The van der Waals surface area contributed by atoms with Crippen molar-refractivity contribution in [3.05, 3.63) is 35.4 Å². The molecule has 5 heteroatoms. The van der Waals surface area contributed by atoms with Crippen LogP contribution in [0, 0.1) is 0 Å². The van der Waals surface area contributed by atoms with Crippen molar-refractivity contribution in [2.75, 3.05) is 6.61 Å². The molecule has 1 aromatic rings. The summed E-state index contributed by atoms with van der Waals surface area (Å²) in [6, 6.07) is 6.03. The maximum Gasteiger partial charge on any atom is 2.00 e. The van der Waals surface area contributed by atoms with Crippen molar-refractivity contribution in [3.8, 4) is 0 Å². The minimum atomic E-state index is -1.12. The van der Waals surface area contributed by atoms with Crippen LogP contribution in [0.2, 0.25) is 0 Å². The third-order valence-electron chi connectivity index (χ3n) is 2.11. The second-order valence-electron chi connectivity index (χ2n) is 3.34. The van der Waals surface area contributed by atoms with Crippen molar-refractivity contribution in [2.45, 2.75) is 19.8 Å². The van der Waals surface area contributed by atoms with Crippen molar-refractivity contribution in [1.82, 2.24) is 0 Å². The molecule has 0 fully saturated rings. The van der Waals surface area contributed by atoms with Gasteiger partial charge < -0.3 is 9.84 Å². The van der Waals surface area contributed by atoms with Gasteiger partial charge in [0.25, 0.3) is 0 Å². The van der Waals surface area contributed by atoms with E-state index < -0.39 is 11.9 Å². The van der Waals surface area contributed by atoms with Crippen LogP contribution in [-0.2, 0) is 21.8 Å². The van der Waals surface area contributed by atoms with Crippen molar-refractivity contribution in [3.63, 3.8) is 0 Å². The Labute approximate surface area is 110 Å². The van der Waals surface area contributed by atoms with Gasteiger partial charge >= 0.3 is 29.0 Å². The Morgan fingerprint density at radius 2 is 1.82 bits per heavy atom. The van der Waals surface area contributed by atoms with Gasteiger partial charge in [0.15, 0.2) is 0 Å². The van der Waals surface area contributed by atoms with E-state index in [1.54, 1.807) is 12.1 Å². The zero-order valence-electron chi connectivity index (χ0n) is 9.40. The third-order valence-corrected chi connectivity index (χ3v) is 2.11. The summed E-state index contributed by atoms with van der Waals surface area (Å²) in [5.74, 6) is -1.70. The number of unbranched alkanes of at least 4 members (excludes halogenated alkanes) is 1. The number of carboxylic acids is 1. The van der Waals surface area contributed by atoms with E-state index in [1.165, 1.54) is 12.1 Å². The number of aromatic carboxylic acids is 1. The summed E-state index contributed by atoms with van der Waals surface area (Å²) in [7, 11) is 0. The van der Waals surface area contributed by atoms with Gasteiger partial charge in [0.2, 0.25) is 0 Å². The first-order valence-electron chi connectivity index (χ1n) is 5.16. The van der Waals surface area contributed by atoms with E-state index in [-0.39, 0.29) is 28.2 Å². The van der Waals surface area contributed by atoms with Gasteiger partial charge in [-0.2, -0.15) is 0 Å². The van der Waals surface area contributed by atoms with Crippen LogP contribution in [0.3, 0.4) is 0 Å². The van der Waals surface area contributed by atoms with Crippen LogP contribution in [0.25, 0.3) is 0 Å². The normalized spacial score (nSPS) is 9.24. The number of benzene rings is 1. The van der Waals surface area contributed by atoms with Crippen LogP contribution in [0.1, 0.15) is 40.5 Å². The third kappa shape index (κ3) is 4.59. The molecule has 0 saturated carbocycles. The summed E-state index contributed by atoms with van der Waals surface area (Å²) in [6.45, 7) is 2.31. The van der Waals surface area contributed by atoms with E-state index >= 15 is 0 Å². The second kappa shape index (κ2) is 7.87. The molecule has 0 unspecified atom stereocenters. The predicted molar refractivity (Wildman–Crippen MR) is 58.6 cm³/mol. The Hall–Kier alpha value is -1.32. The zero-order valence-corrected chi connectivity index (χ0v) is 10.3. The maximum absolute atomic E-state index is 11.6. The van der Waals surface area contributed by atoms with E-state index in [9.17, 15) is 9.59 Å². The van der Waals surface area contributed by atoms with Crippen molar-refractivity contribution < 1.29 is 36.5 Å². The van der Waals surface area contributed by atoms with Crippen molar-refractivity contribution in [2.24, 2.45) is 0 Å². The maximum atomic E-state index is 11.6. The second-order valence-corrected chi connectivity index (χ2v) is 3.34. The topological polar surface area (TPSA) is 63.6 Å². The molecule has 17 heavy (non-hydrogen) atoms. The fourth-order valence-electron chi connectivity index (χ4n) is 1.23. The number of carbonyl (C=O) groups excluding carboxylic acids is 1. The number of carboxylic acid groups (broad SMARTS) is 1. The van der Waals surface area contributed by atoms with E-state index in [2.05, 4.69) is 0 Å². The molecule has 0 atom stereocenters. The fourth-order valence-corrected chi connectivity index (χ4v) is 1.23. The molecule has 0 aliphatic rings. The summed E-state index contributed by atoms with van der Waals surface area (Å²) in [6.07, 6.45) is 1.70. The van der Waals surface area contributed by atoms with E-state index in [0.717, 1.165) is 12.8 Å². The Balaban J connectivity index is 0.00000256. The molecular formula is C12H14CuO4+2. The quantitative estimate of drug-likeness (QED) is 0.512. The van der Waals surface area contributed by atoms with Gasteiger partial charge in [0, 0.05) is 0 Å². The molecule has 1 radical (unpaired) electrons. The summed E-state index contributed by atoms with van der Waals surface area (Å²) in [5.41, 5.74) is 0.0788. The number of ether oxygens (including phenoxy) is 1. The summed E-state index contributed by atoms with van der Waals surface area (Å²) in [4.78, 5) is 22.4. The first-order chi connectivity index (χ1) is 7.66. The van der Waals surface area contributed by atoms with E-state index in [4.69, 9.17) is 9.84 Å². The summed E-state index contributed by atoms with van der Waals surface area (Å²) < 4.78 is 4.96. The number of esters is 1. The molecule has 0 heterocycles. The average molecular weight is 286 g/mol. The van der Waals surface area contributed by atoms with Gasteiger partial charge in [-0.15, -0.1) is 0 Å². The summed E-state index contributed by atoms with van der Waals surface area (Å²) in [5, 5.41) is 8.88. The molecule has 0 saturated heterocycles. The van der Waals surface area contributed by atoms with Gasteiger partial charge in [0.05, 0.1) is 17.7 Å². The van der Waals surface area contributed by atoms with Gasteiger partial charge in [-0.1, -0.05) is 25.5 Å². The fraction of sp³-hybridized carbons (Fsp3) is 0.333. The Bertz CT molecular complexity index is 390. The zero-order chi connectivity index (χ0) is 12.0. The first kappa shape index (κ1) is 15.7. The molecule has 1 N–H and O–H groups in total. The SMILES string of the molecule is CCCCOC(=O)c1ccccc1C(=O)O.[Cu+2]. The van der Waals surface area contributed by atoms with Gasteiger partial charge in [0.1, 0.15) is 0 Å². The van der Waals surface area contributed by atoms with Crippen LogP contribution in [0.5, 0.6) is 0 Å². The molecule has 0 amide bonds. The molecule has 0 aromatic heterocycles. The molecule has 0 spiro atoms.